The van der Waals surface area contributed by atoms with Crippen LogP contribution in [0.4, 0.5) is 4.79 Å². The molecule has 1 atom stereocenters. The summed E-state index contributed by atoms with van der Waals surface area (Å²) in [6, 6.07) is 4.11. The van der Waals surface area contributed by atoms with Crippen molar-refractivity contribution in [3.8, 4) is 0 Å². The van der Waals surface area contributed by atoms with E-state index in [4.69, 9.17) is 23.2 Å². The Morgan fingerprint density at radius 1 is 1.22 bits per heavy atom. The van der Waals surface area contributed by atoms with Crippen LogP contribution in [0.2, 0.25) is 10.0 Å². The number of hydrogen-bond donors (Lipinski definition) is 2. The van der Waals surface area contributed by atoms with Gasteiger partial charge in [-0.15, -0.1) is 0 Å². The van der Waals surface area contributed by atoms with Gasteiger partial charge < -0.3 is 10.6 Å². The molecule has 1 saturated heterocycles. The Balaban J connectivity index is 2.06. The Labute approximate surface area is 169 Å². The fourth-order valence-corrected chi connectivity index (χ4v) is 4.07. The minimum Gasteiger partial charge on any atom is -0.348 e. The lowest BCUT2D eigenvalue weighted by Gasteiger charge is -2.25. The molecule has 0 aliphatic carbocycles. The number of carbonyl (C=O) groups excluding carboxylic acids is 3. The molecule has 1 heterocycles. The molecule has 0 bridgehead atoms. The van der Waals surface area contributed by atoms with Crippen LogP contribution in [-0.4, -0.2) is 34.8 Å². The lowest BCUT2D eigenvalue weighted by molar-refractivity contribution is -0.135. The van der Waals surface area contributed by atoms with E-state index in [2.05, 4.69) is 10.6 Å². The molecule has 1 aromatic rings. The van der Waals surface area contributed by atoms with Gasteiger partial charge >= 0.3 is 6.03 Å². The number of urea groups is 1. The van der Waals surface area contributed by atoms with Crippen molar-refractivity contribution in [2.45, 2.75) is 58.0 Å². The van der Waals surface area contributed by atoms with Crippen LogP contribution in [0.15, 0.2) is 18.2 Å². The van der Waals surface area contributed by atoms with Crippen molar-refractivity contribution in [1.82, 2.24) is 15.5 Å². The number of amides is 4. The van der Waals surface area contributed by atoms with Gasteiger partial charge in [-0.05, 0) is 37.5 Å². The topological polar surface area (TPSA) is 78.5 Å². The lowest BCUT2D eigenvalue weighted by Crippen LogP contribution is -2.47. The van der Waals surface area contributed by atoms with Crippen molar-refractivity contribution < 1.29 is 14.4 Å². The van der Waals surface area contributed by atoms with Crippen LogP contribution in [-0.2, 0) is 9.59 Å². The van der Waals surface area contributed by atoms with Crippen molar-refractivity contribution in [2.75, 3.05) is 6.54 Å². The Bertz CT molecular complexity index is 733. The molecular weight excluding hydrogens is 389 g/mol. The number of halogens is 2. The molecular formula is C19H25Cl2N3O3. The van der Waals surface area contributed by atoms with Crippen LogP contribution in [0.25, 0.3) is 0 Å². The number of imide groups is 1. The first-order valence-corrected chi connectivity index (χ1v) is 9.88. The van der Waals surface area contributed by atoms with Crippen LogP contribution in [0.5, 0.6) is 0 Å². The Morgan fingerprint density at radius 3 is 2.41 bits per heavy atom. The van der Waals surface area contributed by atoms with E-state index in [-0.39, 0.29) is 18.5 Å². The number of nitrogens with one attached hydrogen (secondary N) is 2. The van der Waals surface area contributed by atoms with Gasteiger partial charge in [0.1, 0.15) is 12.1 Å². The van der Waals surface area contributed by atoms with Crippen molar-refractivity contribution in [2.24, 2.45) is 0 Å². The van der Waals surface area contributed by atoms with Gasteiger partial charge in [-0.1, -0.05) is 56.0 Å². The second-order valence-corrected chi connectivity index (χ2v) is 7.70. The average Bonchev–Trinajstić information content (AvgIpc) is 2.79. The summed E-state index contributed by atoms with van der Waals surface area (Å²) in [6.45, 7) is 5.38. The fraction of sp³-hybridized carbons (Fsp3) is 0.526. The summed E-state index contributed by atoms with van der Waals surface area (Å²) in [5, 5.41) is 6.52. The number of rotatable bonds is 8. The molecule has 0 saturated carbocycles. The molecule has 1 aromatic carbocycles. The standard InChI is InChI=1S/C19H25Cl2N3O3/c1-4-8-19(9-5-2)17(26)24(18(27)23-19)11-16(25)22-12(3)14-7-6-13(20)10-15(14)21/h6-7,10,12H,4-5,8-9,11H2,1-3H3,(H,22,25)(H,23,27). The van der Waals surface area contributed by atoms with Gasteiger partial charge in [0.05, 0.1) is 6.04 Å². The summed E-state index contributed by atoms with van der Waals surface area (Å²) in [4.78, 5) is 38.6. The fourth-order valence-electron chi connectivity index (χ4n) is 3.50. The second kappa shape index (κ2) is 8.93. The van der Waals surface area contributed by atoms with Crippen molar-refractivity contribution in [3.05, 3.63) is 33.8 Å². The molecule has 2 N–H and O–H groups in total. The van der Waals surface area contributed by atoms with Crippen molar-refractivity contribution in [3.63, 3.8) is 0 Å². The molecule has 1 aliphatic heterocycles. The summed E-state index contributed by atoms with van der Waals surface area (Å²) in [6.07, 6.45) is 2.64. The van der Waals surface area contributed by atoms with E-state index in [1.807, 2.05) is 13.8 Å². The summed E-state index contributed by atoms with van der Waals surface area (Å²) in [5.74, 6) is -0.760. The van der Waals surface area contributed by atoms with Crippen LogP contribution in [0.3, 0.4) is 0 Å². The summed E-state index contributed by atoms with van der Waals surface area (Å²) < 4.78 is 0. The summed E-state index contributed by atoms with van der Waals surface area (Å²) in [7, 11) is 0. The predicted molar refractivity (Wildman–Crippen MR) is 106 cm³/mol. The first kappa shape index (κ1) is 21.5. The highest BCUT2D eigenvalue weighted by Gasteiger charge is 2.50. The summed E-state index contributed by atoms with van der Waals surface area (Å²) in [5.41, 5.74) is -0.190. The molecule has 1 aliphatic rings. The molecule has 8 heteroatoms. The zero-order chi connectivity index (χ0) is 20.2. The van der Waals surface area contributed by atoms with E-state index in [0.29, 0.717) is 28.5 Å². The maximum Gasteiger partial charge on any atom is 0.325 e. The van der Waals surface area contributed by atoms with E-state index in [1.54, 1.807) is 25.1 Å². The van der Waals surface area contributed by atoms with E-state index < -0.39 is 17.5 Å². The van der Waals surface area contributed by atoms with E-state index in [1.165, 1.54) is 0 Å². The smallest absolute Gasteiger partial charge is 0.325 e. The van der Waals surface area contributed by atoms with Gasteiger partial charge in [0, 0.05) is 10.0 Å². The molecule has 27 heavy (non-hydrogen) atoms. The van der Waals surface area contributed by atoms with Gasteiger partial charge in [-0.2, -0.15) is 0 Å². The maximum absolute atomic E-state index is 12.8. The highest BCUT2D eigenvalue weighted by atomic mass is 35.5. The molecule has 0 aromatic heterocycles. The zero-order valence-corrected chi connectivity index (χ0v) is 17.3. The van der Waals surface area contributed by atoms with Gasteiger partial charge in [0.2, 0.25) is 5.91 Å². The number of benzene rings is 1. The van der Waals surface area contributed by atoms with Gasteiger partial charge in [0.25, 0.3) is 5.91 Å². The van der Waals surface area contributed by atoms with Gasteiger partial charge in [-0.25, -0.2) is 4.79 Å². The van der Waals surface area contributed by atoms with E-state index in [0.717, 1.165) is 17.7 Å². The minimum atomic E-state index is -0.897. The van der Waals surface area contributed by atoms with E-state index in [9.17, 15) is 14.4 Å². The number of nitrogens with zero attached hydrogens (tertiary/aromatic N) is 1. The number of carbonyl (C=O) groups is 3. The quantitative estimate of drug-likeness (QED) is 0.630. The number of hydrogen-bond acceptors (Lipinski definition) is 3. The monoisotopic (exact) mass is 413 g/mol. The molecule has 148 valence electrons. The molecule has 6 nitrogen and oxygen atoms in total. The normalized spacial score (nSPS) is 17.0. The van der Waals surface area contributed by atoms with Crippen LogP contribution < -0.4 is 10.6 Å². The molecule has 0 spiro atoms. The third-order valence-corrected chi connectivity index (χ3v) is 5.27. The highest BCUT2D eigenvalue weighted by Crippen LogP contribution is 2.28. The molecule has 1 unspecified atom stereocenters. The third-order valence-electron chi connectivity index (χ3n) is 4.71. The molecule has 2 rings (SSSR count). The Morgan fingerprint density at radius 2 is 1.85 bits per heavy atom. The van der Waals surface area contributed by atoms with E-state index >= 15 is 0 Å². The summed E-state index contributed by atoms with van der Waals surface area (Å²) >= 11 is 12.1. The van der Waals surface area contributed by atoms with Gasteiger partial charge in [-0.3, -0.25) is 14.5 Å². The largest absolute Gasteiger partial charge is 0.348 e. The van der Waals surface area contributed by atoms with Crippen LogP contribution in [0.1, 0.15) is 58.1 Å². The highest BCUT2D eigenvalue weighted by molar-refractivity contribution is 6.35. The SMILES string of the molecule is CCCC1(CCC)NC(=O)N(CC(=O)NC(C)c2ccc(Cl)cc2Cl)C1=O. The molecule has 1 fully saturated rings. The second-order valence-electron chi connectivity index (χ2n) is 6.86. The maximum atomic E-state index is 12.8. The zero-order valence-electron chi connectivity index (χ0n) is 15.8. The van der Waals surface area contributed by atoms with Crippen LogP contribution in [0, 0.1) is 0 Å². The average molecular weight is 414 g/mol. The minimum absolute atomic E-state index is 0.324. The first-order chi connectivity index (χ1) is 12.7. The molecule has 4 amide bonds. The van der Waals surface area contributed by atoms with Crippen molar-refractivity contribution in [1.29, 1.82) is 0 Å². The van der Waals surface area contributed by atoms with Gasteiger partial charge in [0.15, 0.2) is 0 Å². The Hall–Kier alpha value is -1.79. The van der Waals surface area contributed by atoms with Crippen molar-refractivity contribution >= 4 is 41.0 Å². The first-order valence-electron chi connectivity index (χ1n) is 9.12. The molecule has 0 radical (unpaired) electrons. The predicted octanol–water partition coefficient (Wildman–Crippen LogP) is 4.06. The third kappa shape index (κ3) is 4.74. The Kier molecular flexibility index (Phi) is 7.12. The van der Waals surface area contributed by atoms with Crippen LogP contribution >= 0.6 is 23.2 Å². The lowest BCUT2D eigenvalue weighted by atomic mass is 9.88.